The Kier molecular flexibility index (Phi) is 5.29. The molecule has 31 heavy (non-hydrogen) atoms. The molecule has 3 amide bonds. The van der Waals surface area contributed by atoms with Gasteiger partial charge in [-0.05, 0) is 56.4 Å². The number of carbonyl (C=O) groups is 3. The lowest BCUT2D eigenvalue weighted by Crippen LogP contribution is -2.29. The summed E-state index contributed by atoms with van der Waals surface area (Å²) >= 11 is 1.54. The minimum atomic E-state index is -0.162. The standard InChI is InChI=1S/C22H27N5O3S/c1-12(28)25-22-23-8-9-27(22)15-6-7-17-16(10-15)18(20(30)24-11-13-2-3-13)21(31-17)26-19(29)14-4-5-14/h8-9,13-15H,2-7,10-11H2,1H3,(H,24,30)(H,26,29)(H,23,25,28)/t15-/m0/s1. The molecule has 8 nitrogen and oxygen atoms in total. The van der Waals surface area contributed by atoms with Crippen molar-refractivity contribution in [2.45, 2.75) is 57.9 Å². The van der Waals surface area contributed by atoms with Gasteiger partial charge in [0.05, 0.1) is 5.56 Å². The summed E-state index contributed by atoms with van der Waals surface area (Å²) in [6.07, 6.45) is 10.1. The number of nitrogens with zero attached hydrogens (tertiary/aromatic N) is 2. The van der Waals surface area contributed by atoms with Crippen molar-refractivity contribution in [1.29, 1.82) is 0 Å². The molecule has 0 bridgehead atoms. The summed E-state index contributed by atoms with van der Waals surface area (Å²) in [6.45, 7) is 2.16. The van der Waals surface area contributed by atoms with Crippen molar-refractivity contribution in [2.75, 3.05) is 17.2 Å². The van der Waals surface area contributed by atoms with Gasteiger partial charge in [-0.1, -0.05) is 0 Å². The highest BCUT2D eigenvalue weighted by Gasteiger charge is 2.35. The van der Waals surface area contributed by atoms with Crippen LogP contribution in [-0.4, -0.2) is 33.8 Å². The van der Waals surface area contributed by atoms with Gasteiger partial charge in [0.15, 0.2) is 0 Å². The third-order valence-electron chi connectivity index (χ3n) is 6.25. The van der Waals surface area contributed by atoms with Crippen molar-refractivity contribution < 1.29 is 14.4 Å². The molecule has 164 valence electrons. The van der Waals surface area contributed by atoms with Gasteiger partial charge in [-0.3, -0.25) is 19.7 Å². The fourth-order valence-electron chi connectivity index (χ4n) is 4.20. The molecule has 0 spiro atoms. The lowest BCUT2D eigenvalue weighted by Gasteiger charge is -2.25. The van der Waals surface area contributed by atoms with Gasteiger partial charge in [-0.15, -0.1) is 11.3 Å². The number of imidazole rings is 1. The SMILES string of the molecule is CC(=O)Nc1nccn1[C@H]1CCc2sc(NC(=O)C3CC3)c(C(=O)NCC3CC3)c2C1. The van der Waals surface area contributed by atoms with Crippen molar-refractivity contribution in [3.8, 4) is 0 Å². The molecule has 3 aliphatic carbocycles. The molecule has 1 atom stereocenters. The minimum Gasteiger partial charge on any atom is -0.352 e. The third kappa shape index (κ3) is 4.37. The van der Waals surface area contributed by atoms with Gasteiger partial charge in [0.25, 0.3) is 5.91 Å². The van der Waals surface area contributed by atoms with E-state index in [9.17, 15) is 14.4 Å². The van der Waals surface area contributed by atoms with E-state index in [1.54, 1.807) is 17.5 Å². The van der Waals surface area contributed by atoms with Gasteiger partial charge in [-0.2, -0.15) is 0 Å². The lowest BCUT2D eigenvalue weighted by atomic mass is 9.91. The molecule has 0 aromatic carbocycles. The number of carbonyl (C=O) groups excluding carboxylic acids is 3. The molecule has 5 rings (SSSR count). The normalized spacial score (nSPS) is 20.1. The molecule has 0 unspecified atom stereocenters. The van der Waals surface area contributed by atoms with Crippen LogP contribution in [0.5, 0.6) is 0 Å². The zero-order chi connectivity index (χ0) is 21.5. The first-order chi connectivity index (χ1) is 15.0. The van der Waals surface area contributed by atoms with Gasteiger partial charge in [-0.25, -0.2) is 4.98 Å². The average Bonchev–Trinajstić information content (AvgIpc) is 3.65. The van der Waals surface area contributed by atoms with Crippen LogP contribution in [0, 0.1) is 11.8 Å². The largest absolute Gasteiger partial charge is 0.352 e. The number of anilines is 2. The Labute approximate surface area is 184 Å². The Morgan fingerprint density at radius 1 is 1.16 bits per heavy atom. The van der Waals surface area contributed by atoms with E-state index in [1.807, 2.05) is 10.8 Å². The molecule has 2 aromatic heterocycles. The topological polar surface area (TPSA) is 105 Å². The Morgan fingerprint density at radius 3 is 2.68 bits per heavy atom. The lowest BCUT2D eigenvalue weighted by molar-refractivity contribution is -0.117. The van der Waals surface area contributed by atoms with Gasteiger partial charge >= 0.3 is 0 Å². The van der Waals surface area contributed by atoms with E-state index < -0.39 is 0 Å². The first-order valence-electron chi connectivity index (χ1n) is 11.0. The zero-order valence-electron chi connectivity index (χ0n) is 17.6. The first-order valence-corrected chi connectivity index (χ1v) is 11.8. The zero-order valence-corrected chi connectivity index (χ0v) is 18.4. The number of aryl methyl sites for hydroxylation is 1. The molecular formula is C22H27N5O3S. The van der Waals surface area contributed by atoms with Crippen LogP contribution in [-0.2, 0) is 22.4 Å². The number of thiophene rings is 1. The minimum absolute atomic E-state index is 0.0222. The molecule has 2 aromatic rings. The Balaban J connectivity index is 1.43. The molecule has 9 heteroatoms. The van der Waals surface area contributed by atoms with Crippen LogP contribution in [0.2, 0.25) is 0 Å². The van der Waals surface area contributed by atoms with Crippen molar-refractivity contribution in [3.63, 3.8) is 0 Å². The Hall–Kier alpha value is -2.68. The maximum absolute atomic E-state index is 13.2. The van der Waals surface area contributed by atoms with E-state index in [-0.39, 0.29) is 29.7 Å². The summed E-state index contributed by atoms with van der Waals surface area (Å²) in [5, 5.41) is 9.59. The molecule has 0 radical (unpaired) electrons. The average molecular weight is 442 g/mol. The molecule has 3 N–H and O–H groups in total. The van der Waals surface area contributed by atoms with Crippen molar-refractivity contribution in [3.05, 3.63) is 28.4 Å². The van der Waals surface area contributed by atoms with Gasteiger partial charge < -0.3 is 15.2 Å². The van der Waals surface area contributed by atoms with Crippen LogP contribution in [0.3, 0.4) is 0 Å². The summed E-state index contributed by atoms with van der Waals surface area (Å²) in [5.74, 6) is 0.961. The summed E-state index contributed by atoms with van der Waals surface area (Å²) < 4.78 is 1.98. The second-order valence-corrected chi connectivity index (χ2v) is 9.97. The molecule has 2 saturated carbocycles. The number of aromatic nitrogens is 2. The molecule has 2 fully saturated rings. The van der Waals surface area contributed by atoms with Crippen LogP contribution in [0.15, 0.2) is 12.4 Å². The fourth-order valence-corrected chi connectivity index (χ4v) is 5.44. The molecule has 0 aliphatic heterocycles. The van der Waals surface area contributed by atoms with Crippen LogP contribution in [0.1, 0.15) is 65.9 Å². The highest BCUT2D eigenvalue weighted by atomic mass is 32.1. The fraction of sp³-hybridized carbons (Fsp3) is 0.545. The predicted molar refractivity (Wildman–Crippen MR) is 118 cm³/mol. The van der Waals surface area contributed by atoms with Crippen molar-refractivity contribution in [2.24, 2.45) is 11.8 Å². The number of amides is 3. The summed E-state index contributed by atoms with van der Waals surface area (Å²) in [6, 6.07) is 0.0911. The van der Waals surface area contributed by atoms with E-state index in [0.717, 1.165) is 31.2 Å². The maximum atomic E-state index is 13.2. The highest BCUT2D eigenvalue weighted by Crippen LogP contribution is 2.42. The van der Waals surface area contributed by atoms with Crippen molar-refractivity contribution >= 4 is 40.0 Å². The van der Waals surface area contributed by atoms with E-state index in [4.69, 9.17) is 0 Å². The van der Waals surface area contributed by atoms with Crippen molar-refractivity contribution in [1.82, 2.24) is 14.9 Å². The van der Waals surface area contributed by atoms with Crippen LogP contribution in [0.4, 0.5) is 10.9 Å². The number of hydrogen-bond donors (Lipinski definition) is 3. The van der Waals surface area contributed by atoms with Crippen LogP contribution in [0.25, 0.3) is 0 Å². The van der Waals surface area contributed by atoms with Gasteiger partial charge in [0.1, 0.15) is 5.00 Å². The van der Waals surface area contributed by atoms with Gasteiger partial charge in [0, 0.05) is 42.7 Å². The van der Waals surface area contributed by atoms with Crippen LogP contribution >= 0.6 is 11.3 Å². The molecule has 2 heterocycles. The third-order valence-corrected chi connectivity index (χ3v) is 7.45. The summed E-state index contributed by atoms with van der Waals surface area (Å²) in [4.78, 5) is 42.6. The van der Waals surface area contributed by atoms with Crippen LogP contribution < -0.4 is 16.0 Å². The molecule has 0 saturated heterocycles. The maximum Gasteiger partial charge on any atom is 0.254 e. The van der Waals surface area contributed by atoms with Gasteiger partial charge in [0.2, 0.25) is 17.8 Å². The summed E-state index contributed by atoms with van der Waals surface area (Å²) in [5.41, 5.74) is 1.64. The van der Waals surface area contributed by atoms with E-state index in [2.05, 4.69) is 20.9 Å². The quantitative estimate of drug-likeness (QED) is 0.614. The molecular weight excluding hydrogens is 414 g/mol. The Morgan fingerprint density at radius 2 is 1.97 bits per heavy atom. The predicted octanol–water partition coefficient (Wildman–Crippen LogP) is 3.12. The molecule has 3 aliphatic rings. The number of fused-ring (bicyclic) bond motifs is 1. The monoisotopic (exact) mass is 441 g/mol. The highest BCUT2D eigenvalue weighted by molar-refractivity contribution is 7.17. The number of hydrogen-bond acceptors (Lipinski definition) is 5. The van der Waals surface area contributed by atoms with E-state index >= 15 is 0 Å². The second-order valence-electron chi connectivity index (χ2n) is 8.86. The first kappa shape index (κ1) is 20.2. The summed E-state index contributed by atoms with van der Waals surface area (Å²) in [7, 11) is 0. The second kappa shape index (κ2) is 8.11. The Bertz CT molecular complexity index is 1030. The smallest absolute Gasteiger partial charge is 0.254 e. The number of nitrogens with one attached hydrogen (secondary N) is 3. The number of rotatable bonds is 7. The van der Waals surface area contributed by atoms with E-state index in [1.165, 1.54) is 24.6 Å². The van der Waals surface area contributed by atoms with E-state index in [0.29, 0.717) is 35.4 Å².